The van der Waals surface area contributed by atoms with Gasteiger partial charge in [0.1, 0.15) is 17.7 Å². The molecule has 0 radical (unpaired) electrons. The standard InChI is InChI=1S/C20H31FN4O4/c1-11(2)14(26)5-7-20(10-22)9-13(25-8-6-15(23)24-19(25)28)16(21)17(20)29-18(27)12(3)4/h6,8,11-13,16-17H,5,7,9-10,22H2,1-4H3,(H2,23,24,28)/t13-,16+,17+,20+/m1/s1. The second-order valence-electron chi connectivity index (χ2n) is 8.46. The second kappa shape index (κ2) is 9.02. The van der Waals surface area contributed by atoms with Crippen molar-refractivity contribution in [1.82, 2.24) is 9.55 Å². The van der Waals surface area contributed by atoms with Crippen molar-refractivity contribution in [2.75, 3.05) is 12.3 Å². The van der Waals surface area contributed by atoms with Gasteiger partial charge in [-0.1, -0.05) is 27.7 Å². The third-order valence-corrected chi connectivity index (χ3v) is 5.72. The van der Waals surface area contributed by atoms with Crippen LogP contribution in [0.1, 0.15) is 53.0 Å². The minimum atomic E-state index is -1.67. The van der Waals surface area contributed by atoms with Crippen molar-refractivity contribution >= 4 is 17.6 Å². The lowest BCUT2D eigenvalue weighted by Gasteiger charge is -2.34. The molecule has 9 heteroatoms. The lowest BCUT2D eigenvalue weighted by molar-refractivity contribution is -0.162. The number of anilines is 1. The van der Waals surface area contributed by atoms with Crippen LogP contribution in [0.2, 0.25) is 0 Å². The molecule has 1 heterocycles. The van der Waals surface area contributed by atoms with Crippen molar-refractivity contribution in [1.29, 1.82) is 0 Å². The Morgan fingerprint density at radius 1 is 1.34 bits per heavy atom. The third kappa shape index (κ3) is 4.83. The Balaban J connectivity index is 2.42. The number of esters is 1. The van der Waals surface area contributed by atoms with E-state index < -0.39 is 41.3 Å². The molecule has 2 rings (SSSR count). The first kappa shape index (κ1) is 23.0. The normalized spacial score (nSPS) is 26.8. The van der Waals surface area contributed by atoms with E-state index in [0.29, 0.717) is 0 Å². The minimum absolute atomic E-state index is 0.0164. The van der Waals surface area contributed by atoms with Crippen LogP contribution < -0.4 is 17.2 Å². The lowest BCUT2D eigenvalue weighted by Crippen LogP contribution is -2.44. The summed E-state index contributed by atoms with van der Waals surface area (Å²) >= 11 is 0. The number of ketones is 1. The summed E-state index contributed by atoms with van der Waals surface area (Å²) in [5.41, 5.74) is 9.94. The first-order chi connectivity index (χ1) is 13.5. The molecule has 0 spiro atoms. The molecule has 4 N–H and O–H groups in total. The smallest absolute Gasteiger partial charge is 0.349 e. The molecule has 1 aromatic heterocycles. The highest BCUT2D eigenvalue weighted by Gasteiger charge is 2.56. The molecule has 162 valence electrons. The number of ether oxygens (including phenoxy) is 1. The maximum Gasteiger partial charge on any atom is 0.349 e. The molecule has 4 atom stereocenters. The number of aromatic nitrogens is 2. The molecule has 1 saturated carbocycles. The van der Waals surface area contributed by atoms with Crippen LogP contribution in [-0.2, 0) is 14.3 Å². The van der Waals surface area contributed by atoms with Crippen LogP contribution in [0, 0.1) is 17.3 Å². The zero-order valence-electron chi connectivity index (χ0n) is 17.4. The van der Waals surface area contributed by atoms with Crippen molar-refractivity contribution in [2.45, 2.75) is 65.3 Å². The number of nitrogens with zero attached hydrogens (tertiary/aromatic N) is 2. The van der Waals surface area contributed by atoms with E-state index in [0.717, 1.165) is 0 Å². The van der Waals surface area contributed by atoms with E-state index in [1.54, 1.807) is 27.7 Å². The van der Waals surface area contributed by atoms with Crippen LogP contribution >= 0.6 is 0 Å². The first-order valence-corrected chi connectivity index (χ1v) is 9.94. The molecule has 0 aromatic carbocycles. The van der Waals surface area contributed by atoms with E-state index in [9.17, 15) is 14.4 Å². The molecule has 0 amide bonds. The second-order valence-corrected chi connectivity index (χ2v) is 8.46. The van der Waals surface area contributed by atoms with E-state index >= 15 is 4.39 Å². The maximum absolute atomic E-state index is 15.6. The van der Waals surface area contributed by atoms with Crippen molar-refractivity contribution < 1.29 is 18.7 Å². The quantitative estimate of drug-likeness (QED) is 0.623. The predicted molar refractivity (Wildman–Crippen MR) is 107 cm³/mol. The number of hydrogen-bond acceptors (Lipinski definition) is 7. The molecule has 1 aliphatic carbocycles. The molecule has 0 aliphatic heterocycles. The fraction of sp³-hybridized carbons (Fsp3) is 0.700. The number of Topliss-reactive ketones (excluding diaryl/α,β-unsaturated/α-hetero) is 1. The third-order valence-electron chi connectivity index (χ3n) is 5.72. The van der Waals surface area contributed by atoms with Gasteiger partial charge < -0.3 is 16.2 Å². The van der Waals surface area contributed by atoms with Gasteiger partial charge in [-0.15, -0.1) is 0 Å². The van der Waals surface area contributed by atoms with Crippen LogP contribution in [0.4, 0.5) is 10.2 Å². The van der Waals surface area contributed by atoms with E-state index in [-0.39, 0.29) is 43.3 Å². The molecule has 1 aliphatic rings. The van der Waals surface area contributed by atoms with Crippen molar-refractivity contribution in [3.05, 3.63) is 22.7 Å². The summed E-state index contributed by atoms with van der Waals surface area (Å²) in [6, 6.07) is 0.492. The maximum atomic E-state index is 15.6. The van der Waals surface area contributed by atoms with Gasteiger partial charge >= 0.3 is 11.7 Å². The van der Waals surface area contributed by atoms with Crippen LogP contribution in [0.3, 0.4) is 0 Å². The molecule has 0 saturated heterocycles. The Bertz CT molecular complexity index is 810. The lowest BCUT2D eigenvalue weighted by atomic mass is 9.78. The highest BCUT2D eigenvalue weighted by atomic mass is 19.1. The van der Waals surface area contributed by atoms with Crippen LogP contribution in [0.15, 0.2) is 17.1 Å². The van der Waals surface area contributed by atoms with Gasteiger partial charge in [0.2, 0.25) is 0 Å². The number of nitrogen functional groups attached to an aromatic ring is 1. The Hall–Kier alpha value is -2.29. The summed E-state index contributed by atoms with van der Waals surface area (Å²) in [4.78, 5) is 40.4. The van der Waals surface area contributed by atoms with Gasteiger partial charge in [0.05, 0.1) is 12.0 Å². The Labute approximate surface area is 169 Å². The number of alkyl halides is 1. The van der Waals surface area contributed by atoms with Crippen LogP contribution in [-0.4, -0.2) is 40.1 Å². The number of halogens is 1. The van der Waals surface area contributed by atoms with Gasteiger partial charge in [-0.2, -0.15) is 4.98 Å². The van der Waals surface area contributed by atoms with Gasteiger partial charge in [0.25, 0.3) is 0 Å². The average molecular weight is 410 g/mol. The Morgan fingerprint density at radius 3 is 2.52 bits per heavy atom. The summed E-state index contributed by atoms with van der Waals surface area (Å²) < 4.78 is 22.3. The molecule has 1 fully saturated rings. The number of carbonyl (C=O) groups excluding carboxylic acids is 2. The Morgan fingerprint density at radius 2 is 2.00 bits per heavy atom. The van der Waals surface area contributed by atoms with Gasteiger partial charge in [0.15, 0.2) is 6.17 Å². The van der Waals surface area contributed by atoms with Gasteiger partial charge in [0, 0.05) is 30.5 Å². The van der Waals surface area contributed by atoms with Crippen LogP contribution in [0.25, 0.3) is 0 Å². The minimum Gasteiger partial charge on any atom is -0.458 e. The highest BCUT2D eigenvalue weighted by Crippen LogP contribution is 2.50. The van der Waals surface area contributed by atoms with Crippen molar-refractivity contribution in [2.24, 2.45) is 23.0 Å². The van der Waals surface area contributed by atoms with E-state index in [1.165, 1.54) is 16.8 Å². The van der Waals surface area contributed by atoms with Crippen molar-refractivity contribution in [3.8, 4) is 0 Å². The zero-order valence-corrected chi connectivity index (χ0v) is 17.4. The molecule has 1 aromatic rings. The molecule has 0 unspecified atom stereocenters. The first-order valence-electron chi connectivity index (χ1n) is 9.94. The topological polar surface area (TPSA) is 130 Å². The van der Waals surface area contributed by atoms with Gasteiger partial charge in [-0.05, 0) is 18.9 Å². The largest absolute Gasteiger partial charge is 0.458 e. The molecule has 29 heavy (non-hydrogen) atoms. The summed E-state index contributed by atoms with van der Waals surface area (Å²) in [6.45, 7) is 6.92. The van der Waals surface area contributed by atoms with E-state index in [1.807, 2.05) is 0 Å². The molecular formula is C20H31FN4O4. The molecule has 8 nitrogen and oxygen atoms in total. The van der Waals surface area contributed by atoms with Gasteiger partial charge in [-0.3, -0.25) is 14.2 Å². The number of nitrogens with two attached hydrogens (primary N) is 2. The summed E-state index contributed by atoms with van der Waals surface area (Å²) in [6.07, 6.45) is -0.827. The average Bonchev–Trinajstić information content (AvgIpc) is 2.92. The summed E-state index contributed by atoms with van der Waals surface area (Å²) in [7, 11) is 0. The predicted octanol–water partition coefficient (Wildman–Crippen LogP) is 1.63. The van der Waals surface area contributed by atoms with Crippen molar-refractivity contribution in [3.63, 3.8) is 0 Å². The molecular weight excluding hydrogens is 379 g/mol. The summed E-state index contributed by atoms with van der Waals surface area (Å²) in [5.74, 6) is -1.10. The number of rotatable bonds is 8. The van der Waals surface area contributed by atoms with E-state index in [4.69, 9.17) is 16.2 Å². The summed E-state index contributed by atoms with van der Waals surface area (Å²) in [5, 5.41) is 0. The van der Waals surface area contributed by atoms with Crippen LogP contribution in [0.5, 0.6) is 0 Å². The number of hydrogen-bond donors (Lipinski definition) is 2. The number of carbonyl (C=O) groups is 2. The highest BCUT2D eigenvalue weighted by molar-refractivity contribution is 5.80. The Kier molecular flexibility index (Phi) is 7.15. The molecule has 0 bridgehead atoms. The van der Waals surface area contributed by atoms with Gasteiger partial charge in [-0.25, -0.2) is 9.18 Å². The fourth-order valence-electron chi connectivity index (χ4n) is 3.77. The fourth-order valence-corrected chi connectivity index (χ4v) is 3.77. The van der Waals surface area contributed by atoms with E-state index in [2.05, 4.69) is 4.98 Å². The SMILES string of the molecule is CC(C)C(=O)CC[C@@]1(CN)C[C@@H](n2ccc(N)nc2=O)[C@H](F)[C@@H]1OC(=O)C(C)C. The zero-order chi connectivity index (χ0) is 21.9. The monoisotopic (exact) mass is 410 g/mol.